The number of rotatable bonds is 4. The highest BCUT2D eigenvalue weighted by molar-refractivity contribution is 5.83. The van der Waals surface area contributed by atoms with Gasteiger partial charge in [-0.25, -0.2) is 4.98 Å². The number of hydrogen-bond acceptors (Lipinski definition) is 7. The maximum absolute atomic E-state index is 5.83. The van der Waals surface area contributed by atoms with Crippen molar-refractivity contribution >= 4 is 22.9 Å². The quantitative estimate of drug-likeness (QED) is 0.766. The Bertz CT molecular complexity index is 697. The second-order valence-electron chi connectivity index (χ2n) is 7.11. The molecule has 0 radical (unpaired) electrons. The molecule has 1 aliphatic carbocycles. The zero-order chi connectivity index (χ0) is 16.6. The van der Waals surface area contributed by atoms with Crippen LogP contribution in [0.1, 0.15) is 25.7 Å². The number of aromatic nitrogens is 4. The molecule has 1 saturated heterocycles. The first-order valence-corrected chi connectivity index (χ1v) is 8.80. The minimum absolute atomic E-state index is 0.229. The van der Waals surface area contributed by atoms with Crippen LogP contribution >= 0.6 is 0 Å². The van der Waals surface area contributed by atoms with Crippen LogP contribution in [0.4, 0.5) is 11.8 Å². The van der Waals surface area contributed by atoms with Gasteiger partial charge in [0.05, 0.1) is 6.33 Å². The predicted octanol–water partition coefficient (Wildman–Crippen LogP) is 0.907. The van der Waals surface area contributed by atoms with Crippen LogP contribution in [-0.4, -0.2) is 75.0 Å². The third kappa shape index (κ3) is 2.80. The van der Waals surface area contributed by atoms with Gasteiger partial charge in [0.15, 0.2) is 11.5 Å². The Morgan fingerprint density at radius 3 is 2.71 bits per heavy atom. The molecule has 1 saturated carbocycles. The van der Waals surface area contributed by atoms with E-state index in [0.717, 1.165) is 44.1 Å². The summed E-state index contributed by atoms with van der Waals surface area (Å²) in [5, 5.41) is 3.55. The van der Waals surface area contributed by atoms with Crippen LogP contribution in [0.2, 0.25) is 0 Å². The minimum Gasteiger partial charge on any atom is -0.368 e. The maximum atomic E-state index is 5.83. The van der Waals surface area contributed by atoms with Crippen LogP contribution in [0.5, 0.6) is 0 Å². The van der Waals surface area contributed by atoms with Gasteiger partial charge in [-0.1, -0.05) is 12.8 Å². The number of imidazole rings is 1. The average Bonchev–Trinajstić information content (AvgIpc) is 3.23. The first-order valence-electron chi connectivity index (χ1n) is 8.80. The zero-order valence-electron chi connectivity index (χ0n) is 14.3. The summed E-state index contributed by atoms with van der Waals surface area (Å²) < 4.78 is 0. The standard InChI is InChI=1S/C16H26N8/c1-23-6-8-24(9-7-23)16(4-2-3-5-16)10-18-13-12-14(20-11-19-12)22-15(17)21-13/h11H,2-10H2,1H3,(H4,17,18,19,20,21,22). The third-order valence-corrected chi connectivity index (χ3v) is 5.60. The van der Waals surface area contributed by atoms with Crippen LogP contribution < -0.4 is 11.1 Å². The number of fused-ring (bicyclic) bond motifs is 1. The summed E-state index contributed by atoms with van der Waals surface area (Å²) in [7, 11) is 2.20. The smallest absolute Gasteiger partial charge is 0.224 e. The number of nitrogens with two attached hydrogens (primary N) is 1. The molecule has 0 spiro atoms. The molecule has 4 rings (SSSR count). The van der Waals surface area contributed by atoms with Gasteiger partial charge in [0, 0.05) is 38.3 Å². The number of hydrogen-bond donors (Lipinski definition) is 3. The third-order valence-electron chi connectivity index (χ3n) is 5.60. The molecule has 0 bridgehead atoms. The molecule has 0 amide bonds. The van der Waals surface area contributed by atoms with E-state index >= 15 is 0 Å². The molecule has 0 aromatic carbocycles. The van der Waals surface area contributed by atoms with Crippen LogP contribution in [0.25, 0.3) is 11.2 Å². The molecule has 3 heterocycles. The molecule has 2 aliphatic rings. The molecule has 0 unspecified atom stereocenters. The number of piperazine rings is 1. The Morgan fingerprint density at radius 1 is 1.21 bits per heavy atom. The number of aromatic amines is 1. The summed E-state index contributed by atoms with van der Waals surface area (Å²) in [4.78, 5) is 20.9. The number of nitrogens with zero attached hydrogens (tertiary/aromatic N) is 5. The SMILES string of the molecule is CN1CCN(C2(CNc3nc(N)nc4nc[nH]c34)CCCC2)CC1. The molecule has 130 valence electrons. The van der Waals surface area contributed by atoms with Gasteiger partial charge < -0.3 is 20.9 Å². The Morgan fingerprint density at radius 2 is 1.96 bits per heavy atom. The molecule has 0 atom stereocenters. The van der Waals surface area contributed by atoms with Crippen molar-refractivity contribution in [2.45, 2.75) is 31.2 Å². The topological polar surface area (TPSA) is 99.0 Å². The molecule has 2 fully saturated rings. The largest absolute Gasteiger partial charge is 0.368 e. The number of anilines is 2. The monoisotopic (exact) mass is 330 g/mol. The van der Waals surface area contributed by atoms with Gasteiger partial charge in [0.2, 0.25) is 5.95 Å². The highest BCUT2D eigenvalue weighted by Gasteiger charge is 2.40. The van der Waals surface area contributed by atoms with Gasteiger partial charge in [-0.15, -0.1) is 0 Å². The van der Waals surface area contributed by atoms with E-state index in [2.05, 4.69) is 42.1 Å². The second-order valence-corrected chi connectivity index (χ2v) is 7.11. The van der Waals surface area contributed by atoms with Crippen molar-refractivity contribution in [2.24, 2.45) is 0 Å². The summed E-state index contributed by atoms with van der Waals surface area (Å²) >= 11 is 0. The summed E-state index contributed by atoms with van der Waals surface area (Å²) in [5.41, 5.74) is 7.50. The van der Waals surface area contributed by atoms with E-state index in [4.69, 9.17) is 5.73 Å². The van der Waals surface area contributed by atoms with Crippen molar-refractivity contribution in [3.63, 3.8) is 0 Å². The average molecular weight is 330 g/mol. The molecule has 24 heavy (non-hydrogen) atoms. The summed E-state index contributed by atoms with van der Waals surface area (Å²) in [5.74, 6) is 1.02. The second kappa shape index (κ2) is 6.18. The van der Waals surface area contributed by atoms with Crippen molar-refractivity contribution in [1.82, 2.24) is 29.7 Å². The number of likely N-dealkylation sites (N-methyl/N-ethyl adjacent to an activating group) is 1. The van der Waals surface area contributed by atoms with Crippen molar-refractivity contribution < 1.29 is 0 Å². The van der Waals surface area contributed by atoms with Crippen LogP contribution in [-0.2, 0) is 0 Å². The number of H-pyrrole nitrogens is 1. The molecule has 8 nitrogen and oxygen atoms in total. The fourth-order valence-electron chi connectivity index (χ4n) is 4.14. The normalized spacial score (nSPS) is 22.2. The van der Waals surface area contributed by atoms with Crippen LogP contribution in [0, 0.1) is 0 Å². The van der Waals surface area contributed by atoms with E-state index < -0.39 is 0 Å². The molecule has 8 heteroatoms. The Kier molecular flexibility index (Phi) is 4.01. The van der Waals surface area contributed by atoms with Crippen molar-refractivity contribution in [2.75, 3.05) is 50.8 Å². The number of nitrogen functional groups attached to an aromatic ring is 1. The Balaban J connectivity index is 1.54. The lowest BCUT2D eigenvalue weighted by Crippen LogP contribution is -2.58. The minimum atomic E-state index is 0.229. The first kappa shape index (κ1) is 15.6. The Labute approximate surface area is 141 Å². The molecule has 2 aromatic heterocycles. The highest BCUT2D eigenvalue weighted by Crippen LogP contribution is 2.36. The maximum Gasteiger partial charge on any atom is 0.224 e. The van der Waals surface area contributed by atoms with Gasteiger partial charge in [-0.3, -0.25) is 4.90 Å². The number of nitrogens with one attached hydrogen (secondary N) is 2. The molecular formula is C16H26N8. The molecule has 2 aromatic rings. The van der Waals surface area contributed by atoms with Gasteiger partial charge in [0.25, 0.3) is 0 Å². The molecule has 4 N–H and O–H groups in total. The lowest BCUT2D eigenvalue weighted by Gasteiger charge is -2.45. The van der Waals surface area contributed by atoms with E-state index in [1.165, 1.54) is 25.7 Å². The zero-order valence-corrected chi connectivity index (χ0v) is 14.3. The summed E-state index contributed by atoms with van der Waals surface area (Å²) in [6.07, 6.45) is 6.74. The fourth-order valence-corrected chi connectivity index (χ4v) is 4.14. The predicted molar refractivity (Wildman–Crippen MR) is 94.9 cm³/mol. The van der Waals surface area contributed by atoms with E-state index in [1.54, 1.807) is 6.33 Å². The van der Waals surface area contributed by atoms with Crippen molar-refractivity contribution in [3.8, 4) is 0 Å². The lowest BCUT2D eigenvalue weighted by atomic mass is 9.93. The highest BCUT2D eigenvalue weighted by atomic mass is 15.3. The van der Waals surface area contributed by atoms with Crippen LogP contribution in [0.3, 0.4) is 0 Å². The van der Waals surface area contributed by atoms with Gasteiger partial charge in [0.1, 0.15) is 5.52 Å². The summed E-state index contributed by atoms with van der Waals surface area (Å²) in [6, 6.07) is 0. The molecule has 1 aliphatic heterocycles. The Hall–Kier alpha value is -1.93. The van der Waals surface area contributed by atoms with Crippen molar-refractivity contribution in [1.29, 1.82) is 0 Å². The van der Waals surface area contributed by atoms with E-state index in [-0.39, 0.29) is 11.5 Å². The van der Waals surface area contributed by atoms with Gasteiger partial charge in [-0.05, 0) is 19.9 Å². The van der Waals surface area contributed by atoms with Gasteiger partial charge in [-0.2, -0.15) is 9.97 Å². The van der Waals surface area contributed by atoms with Crippen molar-refractivity contribution in [3.05, 3.63) is 6.33 Å². The fraction of sp³-hybridized carbons (Fsp3) is 0.688. The van der Waals surface area contributed by atoms with E-state index in [9.17, 15) is 0 Å². The summed E-state index contributed by atoms with van der Waals surface area (Å²) in [6.45, 7) is 5.47. The molecular weight excluding hydrogens is 304 g/mol. The van der Waals surface area contributed by atoms with Crippen LogP contribution in [0.15, 0.2) is 6.33 Å². The van der Waals surface area contributed by atoms with Gasteiger partial charge >= 0.3 is 0 Å². The van der Waals surface area contributed by atoms with E-state index in [1.807, 2.05) is 0 Å². The lowest BCUT2D eigenvalue weighted by molar-refractivity contribution is 0.0511. The van der Waals surface area contributed by atoms with E-state index in [0.29, 0.717) is 5.65 Å². The first-order chi connectivity index (χ1) is 11.7.